The molecule has 1 aliphatic heterocycles. The number of amides is 2. The lowest BCUT2D eigenvalue weighted by molar-refractivity contribution is -0.130. The minimum atomic E-state index is -0.245. The molecule has 7 heteroatoms. The first-order valence-electron chi connectivity index (χ1n) is 8.57. The van der Waals surface area contributed by atoms with Crippen LogP contribution < -0.4 is 5.32 Å². The van der Waals surface area contributed by atoms with E-state index >= 15 is 0 Å². The van der Waals surface area contributed by atoms with Crippen LogP contribution in [0.2, 0.25) is 0 Å². The third-order valence-corrected chi connectivity index (χ3v) is 5.14. The third-order valence-electron chi connectivity index (χ3n) is 5.14. The monoisotopic (exact) mass is 327 g/mol. The number of carbonyl (C=O) groups is 2. The van der Waals surface area contributed by atoms with Crippen LogP contribution in [0.15, 0.2) is 18.3 Å². The van der Waals surface area contributed by atoms with Gasteiger partial charge in [-0.05, 0) is 25.0 Å². The van der Waals surface area contributed by atoms with Crippen molar-refractivity contribution in [3.63, 3.8) is 0 Å². The van der Waals surface area contributed by atoms with Gasteiger partial charge in [0.1, 0.15) is 0 Å². The average Bonchev–Trinajstić information content (AvgIpc) is 3.32. The number of nitrogens with one attached hydrogen (secondary N) is 2. The van der Waals surface area contributed by atoms with Crippen LogP contribution in [0.3, 0.4) is 0 Å². The molecule has 3 heterocycles. The molecular formula is C17H21N5O2. The molecule has 24 heavy (non-hydrogen) atoms. The van der Waals surface area contributed by atoms with E-state index < -0.39 is 0 Å². The molecule has 126 valence electrons. The Kier molecular flexibility index (Phi) is 3.92. The van der Waals surface area contributed by atoms with Crippen LogP contribution in [0, 0.1) is 5.92 Å². The SMILES string of the molecule is O=C(NCc1[nH]nc2ncccc12)C1CC(=O)N(C2CCCC2)C1. The lowest BCUT2D eigenvalue weighted by Crippen LogP contribution is -2.36. The van der Waals surface area contributed by atoms with Crippen LogP contribution in [0.5, 0.6) is 0 Å². The Hall–Kier alpha value is -2.44. The van der Waals surface area contributed by atoms with Crippen molar-refractivity contribution in [1.82, 2.24) is 25.4 Å². The van der Waals surface area contributed by atoms with Gasteiger partial charge in [0.2, 0.25) is 11.8 Å². The summed E-state index contributed by atoms with van der Waals surface area (Å²) >= 11 is 0. The van der Waals surface area contributed by atoms with Gasteiger partial charge in [0.05, 0.1) is 18.2 Å². The fourth-order valence-corrected chi connectivity index (χ4v) is 3.83. The predicted molar refractivity (Wildman–Crippen MR) is 87.8 cm³/mol. The molecule has 0 bridgehead atoms. The average molecular weight is 327 g/mol. The van der Waals surface area contributed by atoms with Crippen molar-refractivity contribution in [3.05, 3.63) is 24.0 Å². The smallest absolute Gasteiger partial charge is 0.225 e. The Balaban J connectivity index is 1.37. The Labute approximate surface area is 139 Å². The van der Waals surface area contributed by atoms with Crippen LogP contribution in [-0.2, 0) is 16.1 Å². The first-order chi connectivity index (χ1) is 11.7. The number of fused-ring (bicyclic) bond motifs is 1. The number of nitrogens with zero attached hydrogens (tertiary/aromatic N) is 3. The Morgan fingerprint density at radius 2 is 2.21 bits per heavy atom. The molecule has 1 saturated carbocycles. The number of H-pyrrole nitrogens is 1. The minimum absolute atomic E-state index is 0.0597. The topological polar surface area (TPSA) is 91.0 Å². The maximum atomic E-state index is 12.4. The second-order valence-corrected chi connectivity index (χ2v) is 6.68. The maximum absolute atomic E-state index is 12.4. The summed E-state index contributed by atoms with van der Waals surface area (Å²) in [5.74, 6) is -0.181. The highest BCUT2D eigenvalue weighted by molar-refractivity contribution is 5.89. The zero-order valence-corrected chi connectivity index (χ0v) is 13.5. The molecule has 0 radical (unpaired) electrons. The van der Waals surface area contributed by atoms with E-state index in [4.69, 9.17) is 0 Å². The van der Waals surface area contributed by atoms with Crippen molar-refractivity contribution in [2.24, 2.45) is 5.92 Å². The zero-order valence-electron chi connectivity index (χ0n) is 13.5. The summed E-state index contributed by atoms with van der Waals surface area (Å²) in [5.41, 5.74) is 1.48. The highest BCUT2D eigenvalue weighted by Crippen LogP contribution is 2.29. The molecule has 2 amide bonds. The van der Waals surface area contributed by atoms with E-state index in [2.05, 4.69) is 20.5 Å². The molecule has 1 saturated heterocycles. The molecule has 2 fully saturated rings. The minimum Gasteiger partial charge on any atom is -0.350 e. The second kappa shape index (κ2) is 6.22. The van der Waals surface area contributed by atoms with Gasteiger partial charge in [-0.2, -0.15) is 5.10 Å². The largest absolute Gasteiger partial charge is 0.350 e. The van der Waals surface area contributed by atoms with E-state index in [1.54, 1.807) is 6.20 Å². The van der Waals surface area contributed by atoms with Gasteiger partial charge < -0.3 is 10.2 Å². The van der Waals surface area contributed by atoms with Crippen LogP contribution in [0.4, 0.5) is 0 Å². The van der Waals surface area contributed by atoms with Crippen LogP contribution >= 0.6 is 0 Å². The molecule has 4 rings (SSSR count). The van der Waals surface area contributed by atoms with E-state index in [0.29, 0.717) is 31.2 Å². The van der Waals surface area contributed by atoms with Crippen molar-refractivity contribution >= 4 is 22.8 Å². The van der Waals surface area contributed by atoms with E-state index in [-0.39, 0.29) is 17.7 Å². The van der Waals surface area contributed by atoms with E-state index in [9.17, 15) is 9.59 Å². The summed E-state index contributed by atoms with van der Waals surface area (Å²) in [7, 11) is 0. The quantitative estimate of drug-likeness (QED) is 0.887. The summed E-state index contributed by atoms with van der Waals surface area (Å²) in [6.45, 7) is 0.926. The van der Waals surface area contributed by atoms with Gasteiger partial charge >= 0.3 is 0 Å². The molecule has 2 N–H and O–H groups in total. The summed E-state index contributed by atoms with van der Waals surface area (Å²) in [6.07, 6.45) is 6.54. The molecule has 0 aromatic carbocycles. The molecule has 7 nitrogen and oxygen atoms in total. The van der Waals surface area contributed by atoms with Crippen molar-refractivity contribution in [3.8, 4) is 0 Å². The summed E-state index contributed by atoms with van der Waals surface area (Å²) in [5, 5.41) is 10.9. The third kappa shape index (κ3) is 2.74. The van der Waals surface area contributed by atoms with Crippen molar-refractivity contribution in [2.75, 3.05) is 6.54 Å². The van der Waals surface area contributed by atoms with E-state index in [0.717, 1.165) is 23.9 Å². The van der Waals surface area contributed by atoms with Gasteiger partial charge in [0, 0.05) is 30.6 Å². The maximum Gasteiger partial charge on any atom is 0.225 e. The molecule has 0 spiro atoms. The lowest BCUT2D eigenvalue weighted by atomic mass is 10.1. The van der Waals surface area contributed by atoms with Gasteiger partial charge in [0.25, 0.3) is 0 Å². The standard InChI is InChI=1S/C17H21N5O2/c23-15-8-11(10-22(15)12-4-1-2-5-12)17(24)19-9-14-13-6-3-7-18-16(13)21-20-14/h3,6-7,11-12H,1-2,4-5,8-10H2,(H,19,24)(H,18,20,21). The molecule has 2 aliphatic rings. The Morgan fingerprint density at radius 3 is 3.04 bits per heavy atom. The molecule has 2 aromatic heterocycles. The zero-order chi connectivity index (χ0) is 16.5. The summed E-state index contributed by atoms with van der Waals surface area (Å²) in [4.78, 5) is 30.7. The van der Waals surface area contributed by atoms with E-state index in [1.165, 1.54) is 12.8 Å². The van der Waals surface area contributed by atoms with Crippen LogP contribution in [-0.4, -0.2) is 44.5 Å². The first-order valence-corrected chi connectivity index (χ1v) is 8.57. The highest BCUT2D eigenvalue weighted by Gasteiger charge is 2.38. The highest BCUT2D eigenvalue weighted by atomic mass is 16.2. The number of carbonyl (C=O) groups excluding carboxylic acids is 2. The van der Waals surface area contributed by atoms with Crippen molar-refractivity contribution in [2.45, 2.75) is 44.7 Å². The molecule has 1 aliphatic carbocycles. The Morgan fingerprint density at radius 1 is 1.38 bits per heavy atom. The van der Waals surface area contributed by atoms with Gasteiger partial charge in [-0.25, -0.2) is 4.98 Å². The lowest BCUT2D eigenvalue weighted by Gasteiger charge is -2.23. The van der Waals surface area contributed by atoms with Gasteiger partial charge in [-0.1, -0.05) is 12.8 Å². The molecule has 2 aromatic rings. The Bertz CT molecular complexity index is 765. The summed E-state index contributed by atoms with van der Waals surface area (Å²) < 4.78 is 0. The fraction of sp³-hybridized carbons (Fsp3) is 0.529. The second-order valence-electron chi connectivity index (χ2n) is 6.68. The van der Waals surface area contributed by atoms with E-state index in [1.807, 2.05) is 17.0 Å². The first kappa shape index (κ1) is 15.1. The van der Waals surface area contributed by atoms with Gasteiger partial charge in [-0.15, -0.1) is 0 Å². The number of hydrogen-bond acceptors (Lipinski definition) is 4. The number of aromatic nitrogens is 3. The van der Waals surface area contributed by atoms with Crippen molar-refractivity contribution < 1.29 is 9.59 Å². The van der Waals surface area contributed by atoms with Gasteiger partial charge in [0.15, 0.2) is 5.65 Å². The number of rotatable bonds is 4. The number of aromatic amines is 1. The normalized spacial score (nSPS) is 21.8. The molecule has 1 unspecified atom stereocenters. The predicted octanol–water partition coefficient (Wildman–Crippen LogP) is 1.37. The van der Waals surface area contributed by atoms with Crippen LogP contribution in [0.25, 0.3) is 11.0 Å². The van der Waals surface area contributed by atoms with Crippen molar-refractivity contribution in [1.29, 1.82) is 0 Å². The number of pyridine rings is 1. The molecular weight excluding hydrogens is 306 g/mol. The fourth-order valence-electron chi connectivity index (χ4n) is 3.83. The van der Waals surface area contributed by atoms with Gasteiger partial charge in [-0.3, -0.25) is 14.7 Å². The number of hydrogen-bond donors (Lipinski definition) is 2. The molecule has 1 atom stereocenters. The summed E-state index contributed by atoms with van der Waals surface area (Å²) in [6, 6.07) is 4.12. The van der Waals surface area contributed by atoms with Crippen LogP contribution in [0.1, 0.15) is 37.8 Å². The number of likely N-dealkylation sites (tertiary alicyclic amines) is 1.